The van der Waals surface area contributed by atoms with Crippen LogP contribution in [0.5, 0.6) is 0 Å². The third kappa shape index (κ3) is 3.29. The Labute approximate surface area is 106 Å². The van der Waals surface area contributed by atoms with Gasteiger partial charge in [-0.1, -0.05) is 12.1 Å². The van der Waals surface area contributed by atoms with E-state index in [1.54, 1.807) is 13.0 Å². The molecule has 1 aromatic rings. The molecule has 1 fully saturated rings. The Hall–Kier alpha value is -1.42. The van der Waals surface area contributed by atoms with Crippen molar-refractivity contribution < 1.29 is 14.3 Å². The minimum absolute atomic E-state index is 0.00455. The molecule has 3 nitrogen and oxygen atoms in total. The highest BCUT2D eigenvalue weighted by Gasteiger charge is 2.43. The van der Waals surface area contributed by atoms with E-state index in [-0.39, 0.29) is 23.6 Å². The van der Waals surface area contributed by atoms with E-state index in [4.69, 9.17) is 5.11 Å². The van der Waals surface area contributed by atoms with Crippen LogP contribution >= 0.6 is 0 Å². The van der Waals surface area contributed by atoms with Crippen LogP contribution in [0.4, 0.5) is 4.39 Å². The first-order valence-corrected chi connectivity index (χ1v) is 6.29. The van der Waals surface area contributed by atoms with E-state index >= 15 is 0 Å². The third-order valence-corrected chi connectivity index (χ3v) is 3.27. The molecule has 2 rings (SSSR count). The minimum Gasteiger partial charge on any atom is -0.393 e. The molecule has 0 aliphatic heterocycles. The molecule has 0 saturated heterocycles. The number of benzene rings is 1. The van der Waals surface area contributed by atoms with E-state index in [1.807, 2.05) is 6.07 Å². The predicted molar refractivity (Wildman–Crippen MR) is 66.6 cm³/mol. The van der Waals surface area contributed by atoms with Crippen LogP contribution in [0.2, 0.25) is 0 Å². The number of hydrogen-bond donors (Lipinski definition) is 2. The van der Waals surface area contributed by atoms with Crippen LogP contribution in [0.1, 0.15) is 31.2 Å². The summed E-state index contributed by atoms with van der Waals surface area (Å²) in [5.41, 5.74) is 0.894. The van der Waals surface area contributed by atoms with E-state index in [0.717, 1.165) is 12.0 Å². The maximum Gasteiger partial charge on any atom is 0.223 e. The zero-order valence-electron chi connectivity index (χ0n) is 10.4. The van der Waals surface area contributed by atoms with Gasteiger partial charge in [-0.25, -0.2) is 4.39 Å². The fourth-order valence-electron chi connectivity index (χ4n) is 2.13. The summed E-state index contributed by atoms with van der Waals surface area (Å²) in [6, 6.07) is 6.43. The molecule has 0 heterocycles. The highest BCUT2D eigenvalue weighted by atomic mass is 19.1. The van der Waals surface area contributed by atoms with Gasteiger partial charge in [-0.05, 0) is 43.4 Å². The van der Waals surface area contributed by atoms with Crippen molar-refractivity contribution in [3.05, 3.63) is 35.6 Å². The van der Waals surface area contributed by atoms with Gasteiger partial charge in [0.05, 0.1) is 6.10 Å². The summed E-state index contributed by atoms with van der Waals surface area (Å²) in [6.07, 6.45) is 0.941. The van der Waals surface area contributed by atoms with Crippen molar-refractivity contribution in [2.24, 2.45) is 5.92 Å². The molecule has 3 atom stereocenters. The number of halogens is 1. The molecule has 1 amide bonds. The van der Waals surface area contributed by atoms with Gasteiger partial charge >= 0.3 is 0 Å². The van der Waals surface area contributed by atoms with Crippen LogP contribution in [0, 0.1) is 11.7 Å². The van der Waals surface area contributed by atoms with Crippen LogP contribution in [-0.2, 0) is 4.79 Å². The molecule has 3 unspecified atom stereocenters. The Morgan fingerprint density at radius 1 is 1.61 bits per heavy atom. The molecule has 1 aliphatic carbocycles. The summed E-state index contributed by atoms with van der Waals surface area (Å²) >= 11 is 0. The molecule has 1 aliphatic rings. The summed E-state index contributed by atoms with van der Waals surface area (Å²) in [5, 5.41) is 11.9. The topological polar surface area (TPSA) is 49.3 Å². The van der Waals surface area contributed by atoms with Crippen molar-refractivity contribution in [3.63, 3.8) is 0 Å². The lowest BCUT2D eigenvalue weighted by Crippen LogP contribution is -2.28. The smallest absolute Gasteiger partial charge is 0.223 e. The SMILES string of the molecule is CC(O)CCNC(=O)C1CC1c1cccc(F)c1. The highest BCUT2D eigenvalue weighted by Crippen LogP contribution is 2.47. The van der Waals surface area contributed by atoms with Gasteiger partial charge in [0.1, 0.15) is 5.82 Å². The molecule has 0 bridgehead atoms. The number of carbonyl (C=O) groups excluding carboxylic acids is 1. The molecule has 18 heavy (non-hydrogen) atoms. The summed E-state index contributed by atoms with van der Waals surface area (Å²) in [6.45, 7) is 2.18. The van der Waals surface area contributed by atoms with Gasteiger partial charge in [0, 0.05) is 12.5 Å². The average Bonchev–Trinajstić information content (AvgIpc) is 3.08. The molecule has 4 heteroatoms. The number of carbonyl (C=O) groups is 1. The molecule has 1 aromatic carbocycles. The normalized spacial score (nSPS) is 23.5. The van der Waals surface area contributed by atoms with Gasteiger partial charge in [0.25, 0.3) is 0 Å². The zero-order valence-corrected chi connectivity index (χ0v) is 10.4. The second-order valence-electron chi connectivity index (χ2n) is 4.93. The highest BCUT2D eigenvalue weighted by molar-refractivity contribution is 5.82. The number of hydrogen-bond acceptors (Lipinski definition) is 2. The van der Waals surface area contributed by atoms with Crippen LogP contribution in [0.25, 0.3) is 0 Å². The maximum atomic E-state index is 13.0. The first kappa shape index (κ1) is 13.0. The fourth-order valence-corrected chi connectivity index (χ4v) is 2.13. The first-order chi connectivity index (χ1) is 8.58. The molecule has 0 radical (unpaired) electrons. The minimum atomic E-state index is -0.400. The van der Waals surface area contributed by atoms with Crippen LogP contribution in [0.3, 0.4) is 0 Å². The number of nitrogens with one attached hydrogen (secondary N) is 1. The van der Waals surface area contributed by atoms with E-state index in [2.05, 4.69) is 5.32 Å². The number of aliphatic hydroxyl groups excluding tert-OH is 1. The summed E-state index contributed by atoms with van der Waals surface area (Å²) in [7, 11) is 0. The summed E-state index contributed by atoms with van der Waals surface area (Å²) in [5.74, 6) is -0.148. The lowest BCUT2D eigenvalue weighted by atomic mass is 10.1. The van der Waals surface area contributed by atoms with Gasteiger partial charge in [-0.15, -0.1) is 0 Å². The van der Waals surface area contributed by atoms with Gasteiger partial charge in [-0.3, -0.25) is 4.79 Å². The lowest BCUT2D eigenvalue weighted by molar-refractivity contribution is -0.122. The van der Waals surface area contributed by atoms with Crippen molar-refractivity contribution in [3.8, 4) is 0 Å². The maximum absolute atomic E-state index is 13.0. The van der Waals surface area contributed by atoms with Gasteiger partial charge in [0.15, 0.2) is 0 Å². The van der Waals surface area contributed by atoms with E-state index in [0.29, 0.717) is 13.0 Å². The number of aliphatic hydroxyl groups is 1. The Morgan fingerprint density at radius 2 is 2.39 bits per heavy atom. The van der Waals surface area contributed by atoms with Crippen molar-refractivity contribution in [1.82, 2.24) is 5.32 Å². The molecule has 0 spiro atoms. The van der Waals surface area contributed by atoms with Crippen molar-refractivity contribution in [2.75, 3.05) is 6.54 Å². The second kappa shape index (κ2) is 5.48. The van der Waals surface area contributed by atoms with Crippen LogP contribution in [0.15, 0.2) is 24.3 Å². The molecule has 2 N–H and O–H groups in total. The fraction of sp³-hybridized carbons (Fsp3) is 0.500. The monoisotopic (exact) mass is 251 g/mol. The summed E-state index contributed by atoms with van der Waals surface area (Å²) in [4.78, 5) is 11.8. The van der Waals surface area contributed by atoms with Crippen molar-refractivity contribution >= 4 is 5.91 Å². The molecule has 0 aromatic heterocycles. The first-order valence-electron chi connectivity index (χ1n) is 6.29. The molecule has 98 valence electrons. The standard InChI is InChI=1S/C14H18FNO2/c1-9(17)5-6-16-14(18)13-8-12(13)10-3-2-4-11(15)7-10/h2-4,7,9,12-13,17H,5-6,8H2,1H3,(H,16,18). The Kier molecular flexibility index (Phi) is 3.97. The Morgan fingerprint density at radius 3 is 3.06 bits per heavy atom. The van der Waals surface area contributed by atoms with Crippen molar-refractivity contribution in [2.45, 2.75) is 31.8 Å². The molecular weight excluding hydrogens is 233 g/mol. The molecule has 1 saturated carbocycles. The predicted octanol–water partition coefficient (Wildman–Crippen LogP) is 1.82. The Bertz CT molecular complexity index is 434. The van der Waals surface area contributed by atoms with Crippen LogP contribution < -0.4 is 5.32 Å². The zero-order chi connectivity index (χ0) is 13.1. The van der Waals surface area contributed by atoms with Crippen LogP contribution in [-0.4, -0.2) is 23.7 Å². The largest absolute Gasteiger partial charge is 0.393 e. The van der Waals surface area contributed by atoms with Crippen molar-refractivity contribution in [1.29, 1.82) is 0 Å². The third-order valence-electron chi connectivity index (χ3n) is 3.27. The quantitative estimate of drug-likeness (QED) is 0.838. The van der Waals surface area contributed by atoms with Gasteiger partial charge in [-0.2, -0.15) is 0 Å². The van der Waals surface area contributed by atoms with E-state index in [1.165, 1.54) is 12.1 Å². The Balaban J connectivity index is 1.82. The average molecular weight is 251 g/mol. The number of amides is 1. The van der Waals surface area contributed by atoms with Gasteiger partial charge < -0.3 is 10.4 Å². The van der Waals surface area contributed by atoms with Gasteiger partial charge in [0.2, 0.25) is 5.91 Å². The lowest BCUT2D eigenvalue weighted by Gasteiger charge is -2.06. The van der Waals surface area contributed by atoms with E-state index in [9.17, 15) is 9.18 Å². The summed E-state index contributed by atoms with van der Waals surface area (Å²) < 4.78 is 13.0. The molecular formula is C14H18FNO2. The van der Waals surface area contributed by atoms with E-state index < -0.39 is 6.10 Å². The number of rotatable bonds is 5. The second-order valence-corrected chi connectivity index (χ2v) is 4.93.